The predicted molar refractivity (Wildman–Crippen MR) is 91.5 cm³/mol. The highest BCUT2D eigenvalue weighted by Crippen LogP contribution is 2.26. The number of nitrogens with zero attached hydrogens (tertiary/aromatic N) is 1. The summed E-state index contributed by atoms with van der Waals surface area (Å²) in [6.45, 7) is 0. The van der Waals surface area contributed by atoms with E-state index in [1.165, 1.54) is 30.4 Å². The molecule has 3 aromatic rings. The lowest BCUT2D eigenvalue weighted by atomic mass is 10.2. The number of hydrogen-bond acceptors (Lipinski definition) is 3. The van der Waals surface area contributed by atoms with Gasteiger partial charge in [0.2, 0.25) is 5.91 Å². The summed E-state index contributed by atoms with van der Waals surface area (Å²) in [5.41, 5.74) is 1.39. The first kappa shape index (κ1) is 16.9. The van der Waals surface area contributed by atoms with Gasteiger partial charge < -0.3 is 0 Å². The molecular weight excluding hydrogens is 349 g/mol. The number of aromatic nitrogens is 1. The highest BCUT2D eigenvalue weighted by molar-refractivity contribution is 7.14. The molecule has 1 aromatic heterocycles. The van der Waals surface area contributed by atoms with Gasteiger partial charge in [-0.05, 0) is 42.0 Å². The van der Waals surface area contributed by atoms with Crippen molar-refractivity contribution in [1.29, 1.82) is 0 Å². The Balaban J connectivity index is 1.68. The van der Waals surface area contributed by atoms with Crippen LogP contribution >= 0.6 is 11.3 Å². The third kappa shape index (κ3) is 4.33. The van der Waals surface area contributed by atoms with Gasteiger partial charge in [-0.25, -0.2) is 18.2 Å². The van der Waals surface area contributed by atoms with Gasteiger partial charge in [0, 0.05) is 17.0 Å². The lowest BCUT2D eigenvalue weighted by molar-refractivity contribution is -0.111. The predicted octanol–water partition coefficient (Wildman–Crippen LogP) is 4.88. The number of carbonyl (C=O) groups is 1. The maximum absolute atomic E-state index is 13.3. The van der Waals surface area contributed by atoms with Crippen LogP contribution in [0.3, 0.4) is 0 Å². The number of amides is 1. The first-order chi connectivity index (χ1) is 12.0. The van der Waals surface area contributed by atoms with Crippen LogP contribution in [0.5, 0.6) is 0 Å². The number of anilines is 1. The quantitative estimate of drug-likeness (QED) is 0.674. The Kier molecular flexibility index (Phi) is 4.95. The summed E-state index contributed by atoms with van der Waals surface area (Å²) in [6, 6.07) is 9.28. The van der Waals surface area contributed by atoms with Crippen LogP contribution in [-0.4, -0.2) is 10.9 Å². The third-order valence-electron chi connectivity index (χ3n) is 3.23. The van der Waals surface area contributed by atoms with E-state index in [9.17, 15) is 18.0 Å². The largest absolute Gasteiger partial charge is 0.298 e. The number of rotatable bonds is 4. The monoisotopic (exact) mass is 360 g/mol. The van der Waals surface area contributed by atoms with E-state index in [4.69, 9.17) is 0 Å². The molecule has 1 N–H and O–H groups in total. The maximum atomic E-state index is 13.3. The molecule has 3 nitrogen and oxygen atoms in total. The van der Waals surface area contributed by atoms with Gasteiger partial charge in [-0.2, -0.15) is 0 Å². The molecular formula is C18H11F3N2OS. The van der Waals surface area contributed by atoms with Gasteiger partial charge >= 0.3 is 0 Å². The summed E-state index contributed by atoms with van der Waals surface area (Å²) < 4.78 is 39.3. The fourth-order valence-corrected chi connectivity index (χ4v) is 2.77. The van der Waals surface area contributed by atoms with Crippen molar-refractivity contribution in [1.82, 2.24) is 4.98 Å². The summed E-state index contributed by atoms with van der Waals surface area (Å²) in [5, 5.41) is 4.50. The van der Waals surface area contributed by atoms with Crippen molar-refractivity contribution in [2.75, 3.05) is 5.32 Å². The lowest BCUT2D eigenvalue weighted by Gasteiger charge is -1.98. The molecule has 0 bridgehead atoms. The van der Waals surface area contributed by atoms with Crippen molar-refractivity contribution in [3.05, 3.63) is 76.9 Å². The van der Waals surface area contributed by atoms with Crippen molar-refractivity contribution in [2.24, 2.45) is 0 Å². The number of hydrogen-bond donors (Lipinski definition) is 1. The number of nitrogens with one attached hydrogen (secondary N) is 1. The molecule has 7 heteroatoms. The molecule has 1 amide bonds. The molecule has 0 aliphatic carbocycles. The second-order valence-corrected chi connectivity index (χ2v) is 5.90. The average Bonchev–Trinajstić information content (AvgIpc) is 3.04. The molecule has 1 heterocycles. The van der Waals surface area contributed by atoms with E-state index in [-0.39, 0.29) is 0 Å². The molecule has 2 aromatic carbocycles. The standard InChI is InChI=1S/C18H11F3N2OS/c19-13-3-1-2-11(8-13)4-7-17(24)23-18-22-16(10-25-18)12-5-6-14(20)15(21)9-12/h1-10H,(H,22,23,24)/b7-4+. The zero-order valence-corrected chi connectivity index (χ0v) is 13.5. The Morgan fingerprint density at radius 2 is 1.92 bits per heavy atom. The van der Waals surface area contributed by atoms with E-state index in [1.54, 1.807) is 17.5 Å². The molecule has 25 heavy (non-hydrogen) atoms. The van der Waals surface area contributed by atoms with Crippen LogP contribution in [-0.2, 0) is 4.79 Å². The molecule has 0 aliphatic rings. The molecule has 0 unspecified atom stereocenters. The summed E-state index contributed by atoms with van der Waals surface area (Å²) in [6.07, 6.45) is 2.73. The van der Waals surface area contributed by atoms with E-state index < -0.39 is 23.4 Å². The first-order valence-electron chi connectivity index (χ1n) is 7.17. The topological polar surface area (TPSA) is 42.0 Å². The van der Waals surface area contributed by atoms with Crippen molar-refractivity contribution < 1.29 is 18.0 Å². The summed E-state index contributed by atoms with van der Waals surface area (Å²) >= 11 is 1.15. The van der Waals surface area contributed by atoms with Gasteiger partial charge in [-0.3, -0.25) is 10.1 Å². The number of thiazole rings is 1. The van der Waals surface area contributed by atoms with Crippen LogP contribution in [0.1, 0.15) is 5.56 Å². The van der Waals surface area contributed by atoms with Gasteiger partial charge in [-0.15, -0.1) is 11.3 Å². The minimum Gasteiger partial charge on any atom is -0.298 e. The molecule has 0 radical (unpaired) electrons. The van der Waals surface area contributed by atoms with Gasteiger partial charge in [0.1, 0.15) is 5.82 Å². The van der Waals surface area contributed by atoms with Crippen LogP contribution in [0, 0.1) is 17.5 Å². The molecule has 0 fully saturated rings. The van der Waals surface area contributed by atoms with E-state index in [0.717, 1.165) is 23.5 Å². The zero-order chi connectivity index (χ0) is 17.8. The second-order valence-electron chi connectivity index (χ2n) is 5.04. The SMILES string of the molecule is O=C(/C=C/c1cccc(F)c1)Nc1nc(-c2ccc(F)c(F)c2)cs1. The highest BCUT2D eigenvalue weighted by Gasteiger charge is 2.09. The van der Waals surface area contributed by atoms with Crippen LogP contribution < -0.4 is 5.32 Å². The van der Waals surface area contributed by atoms with Crippen LogP contribution in [0.4, 0.5) is 18.3 Å². The summed E-state index contributed by atoms with van der Waals surface area (Å²) in [7, 11) is 0. The molecule has 0 saturated carbocycles. The maximum Gasteiger partial charge on any atom is 0.250 e. The number of benzene rings is 2. The molecule has 0 atom stereocenters. The average molecular weight is 360 g/mol. The summed E-state index contributed by atoms with van der Waals surface area (Å²) in [5.74, 6) is -2.72. The van der Waals surface area contributed by atoms with Gasteiger partial charge in [0.15, 0.2) is 16.8 Å². The van der Waals surface area contributed by atoms with Gasteiger partial charge in [0.25, 0.3) is 0 Å². The van der Waals surface area contributed by atoms with Crippen LogP contribution in [0.25, 0.3) is 17.3 Å². The molecule has 126 valence electrons. The van der Waals surface area contributed by atoms with Crippen molar-refractivity contribution in [2.45, 2.75) is 0 Å². The van der Waals surface area contributed by atoms with Crippen LogP contribution in [0.2, 0.25) is 0 Å². The van der Waals surface area contributed by atoms with E-state index in [0.29, 0.717) is 22.0 Å². The van der Waals surface area contributed by atoms with E-state index in [1.807, 2.05) is 0 Å². The number of carbonyl (C=O) groups excluding carboxylic acids is 1. The Morgan fingerprint density at radius 1 is 1.08 bits per heavy atom. The molecule has 3 rings (SSSR count). The fraction of sp³-hybridized carbons (Fsp3) is 0. The van der Waals surface area contributed by atoms with Crippen molar-refractivity contribution in [3.8, 4) is 11.3 Å². The minimum atomic E-state index is -0.964. The van der Waals surface area contributed by atoms with E-state index in [2.05, 4.69) is 10.3 Å². The number of halogens is 3. The third-order valence-corrected chi connectivity index (χ3v) is 3.98. The molecule has 0 saturated heterocycles. The van der Waals surface area contributed by atoms with Crippen LogP contribution in [0.15, 0.2) is 53.9 Å². The fourth-order valence-electron chi connectivity index (χ4n) is 2.05. The Labute approximate surface area is 145 Å². The van der Waals surface area contributed by atoms with Gasteiger partial charge in [-0.1, -0.05) is 12.1 Å². The minimum absolute atomic E-state index is 0.314. The molecule has 0 aliphatic heterocycles. The zero-order valence-electron chi connectivity index (χ0n) is 12.7. The normalized spacial score (nSPS) is 11.0. The van der Waals surface area contributed by atoms with Crippen molar-refractivity contribution in [3.63, 3.8) is 0 Å². The van der Waals surface area contributed by atoms with Gasteiger partial charge in [0.05, 0.1) is 5.69 Å². The Bertz CT molecular complexity index is 953. The summed E-state index contributed by atoms with van der Waals surface area (Å²) in [4.78, 5) is 16.0. The molecule has 0 spiro atoms. The van der Waals surface area contributed by atoms with E-state index >= 15 is 0 Å². The smallest absolute Gasteiger partial charge is 0.250 e. The van der Waals surface area contributed by atoms with Crippen molar-refractivity contribution >= 4 is 28.5 Å². The Morgan fingerprint density at radius 3 is 2.68 bits per heavy atom. The first-order valence-corrected chi connectivity index (χ1v) is 8.05. The second kappa shape index (κ2) is 7.31. The lowest BCUT2D eigenvalue weighted by Crippen LogP contribution is -2.07. The Hall–Kier alpha value is -2.93. The highest BCUT2D eigenvalue weighted by atomic mass is 32.1.